The molecule has 3 fully saturated rings. The van der Waals surface area contributed by atoms with Gasteiger partial charge >= 0.3 is 0 Å². The van der Waals surface area contributed by atoms with Crippen LogP contribution in [0, 0.1) is 17.8 Å². The molecule has 0 aromatic heterocycles. The number of hydrogen-bond acceptors (Lipinski definition) is 4. The predicted molar refractivity (Wildman–Crippen MR) is 67.3 cm³/mol. The summed E-state index contributed by atoms with van der Waals surface area (Å²) in [6.07, 6.45) is 5.31. The lowest BCUT2D eigenvalue weighted by Gasteiger charge is -2.38. The molecule has 3 N–H and O–H groups in total. The zero-order valence-corrected chi connectivity index (χ0v) is 10.6. The van der Waals surface area contributed by atoms with E-state index in [4.69, 9.17) is 5.73 Å². The molecule has 1 aliphatic heterocycles. The van der Waals surface area contributed by atoms with Crippen LogP contribution in [0.3, 0.4) is 0 Å². The number of carbonyl (C=O) groups excluding carboxylic acids is 1. The maximum Gasteiger partial charge on any atom is 0.220 e. The van der Waals surface area contributed by atoms with E-state index in [1.165, 1.54) is 19.3 Å². The van der Waals surface area contributed by atoms with Crippen molar-refractivity contribution >= 4 is 11.6 Å². The Balaban J connectivity index is 1.68. The number of oxime groups is 1. The van der Waals surface area contributed by atoms with Gasteiger partial charge in [0.2, 0.25) is 5.91 Å². The van der Waals surface area contributed by atoms with Crippen molar-refractivity contribution in [2.75, 3.05) is 13.1 Å². The molecular weight excluding hydrogens is 230 g/mol. The first-order chi connectivity index (χ1) is 8.70. The number of rotatable bonds is 2. The Bertz CT molecular complexity index is 374. The lowest BCUT2D eigenvalue weighted by atomic mass is 9.88. The average Bonchev–Trinajstić information content (AvgIpc) is 2.98. The molecule has 3 atom stereocenters. The maximum absolute atomic E-state index is 11.2. The summed E-state index contributed by atoms with van der Waals surface area (Å²) in [7, 11) is 0. The van der Waals surface area contributed by atoms with Gasteiger partial charge in [-0.1, -0.05) is 5.16 Å². The normalized spacial score (nSPS) is 39.6. The number of fused-ring (bicyclic) bond motifs is 2. The van der Waals surface area contributed by atoms with Gasteiger partial charge in [-0.25, -0.2) is 0 Å². The number of nitrogens with zero attached hydrogens (tertiary/aromatic N) is 2. The second-order valence-corrected chi connectivity index (χ2v) is 5.95. The van der Waals surface area contributed by atoms with E-state index in [1.54, 1.807) is 0 Å². The highest BCUT2D eigenvalue weighted by Crippen LogP contribution is 2.45. The molecule has 2 aliphatic carbocycles. The monoisotopic (exact) mass is 251 g/mol. The SMILES string of the molecule is NC(=O)C1CCN(C2C(=NO)C3CCC2C3)CC1. The van der Waals surface area contributed by atoms with Crippen LogP contribution >= 0.6 is 0 Å². The molecule has 3 rings (SSSR count). The second-order valence-electron chi connectivity index (χ2n) is 5.95. The van der Waals surface area contributed by atoms with E-state index < -0.39 is 0 Å². The van der Waals surface area contributed by atoms with Crippen LogP contribution in [0.15, 0.2) is 5.16 Å². The Kier molecular flexibility index (Phi) is 3.01. The van der Waals surface area contributed by atoms with Crippen molar-refractivity contribution in [2.45, 2.75) is 38.1 Å². The lowest BCUT2D eigenvalue weighted by molar-refractivity contribution is -0.123. The van der Waals surface area contributed by atoms with E-state index in [0.29, 0.717) is 17.9 Å². The Hall–Kier alpha value is -1.10. The van der Waals surface area contributed by atoms with Gasteiger partial charge in [0.25, 0.3) is 0 Å². The van der Waals surface area contributed by atoms with Crippen LogP contribution in [0.2, 0.25) is 0 Å². The minimum absolute atomic E-state index is 0.0364. The molecule has 1 heterocycles. The molecule has 1 saturated heterocycles. The van der Waals surface area contributed by atoms with E-state index in [9.17, 15) is 10.0 Å². The smallest absolute Gasteiger partial charge is 0.220 e. The van der Waals surface area contributed by atoms with Crippen LogP contribution in [-0.2, 0) is 4.79 Å². The zero-order valence-electron chi connectivity index (χ0n) is 10.6. The zero-order chi connectivity index (χ0) is 12.7. The molecular formula is C13H21N3O2. The van der Waals surface area contributed by atoms with Gasteiger partial charge in [-0.05, 0) is 51.1 Å². The van der Waals surface area contributed by atoms with Crippen LogP contribution in [0.4, 0.5) is 0 Å². The fourth-order valence-electron chi connectivity index (χ4n) is 4.14. The molecule has 2 bridgehead atoms. The third-order valence-electron chi connectivity index (χ3n) is 5.08. The van der Waals surface area contributed by atoms with Crippen LogP contribution in [0.5, 0.6) is 0 Å². The van der Waals surface area contributed by atoms with Gasteiger partial charge in [0.1, 0.15) is 0 Å². The number of likely N-dealkylation sites (tertiary alicyclic amines) is 1. The summed E-state index contributed by atoms with van der Waals surface area (Å²) in [4.78, 5) is 13.6. The summed E-state index contributed by atoms with van der Waals surface area (Å²) in [5.41, 5.74) is 6.35. The van der Waals surface area contributed by atoms with Gasteiger partial charge in [-0.3, -0.25) is 9.69 Å². The first kappa shape index (κ1) is 12.0. The molecule has 0 radical (unpaired) electrons. The number of primary amides is 1. The first-order valence-corrected chi connectivity index (χ1v) is 6.96. The minimum Gasteiger partial charge on any atom is -0.411 e. The largest absolute Gasteiger partial charge is 0.411 e. The summed E-state index contributed by atoms with van der Waals surface area (Å²) < 4.78 is 0. The molecule has 5 nitrogen and oxygen atoms in total. The summed E-state index contributed by atoms with van der Waals surface area (Å²) in [5, 5.41) is 12.8. The molecule has 3 aliphatic rings. The van der Waals surface area contributed by atoms with E-state index in [1.807, 2.05) is 0 Å². The van der Waals surface area contributed by atoms with Crippen molar-refractivity contribution < 1.29 is 10.0 Å². The molecule has 100 valence electrons. The van der Waals surface area contributed by atoms with Crippen molar-refractivity contribution in [1.29, 1.82) is 0 Å². The third-order valence-corrected chi connectivity index (χ3v) is 5.08. The summed E-state index contributed by atoms with van der Waals surface area (Å²) in [6, 6.07) is 0.322. The Labute approximate surface area is 107 Å². The second kappa shape index (κ2) is 4.53. The van der Waals surface area contributed by atoms with E-state index in [-0.39, 0.29) is 11.8 Å². The summed E-state index contributed by atoms with van der Waals surface area (Å²) in [5.74, 6) is 1.03. The van der Waals surface area contributed by atoms with Gasteiger partial charge in [0.05, 0.1) is 11.8 Å². The third kappa shape index (κ3) is 1.81. The van der Waals surface area contributed by atoms with Crippen LogP contribution in [0.1, 0.15) is 32.1 Å². The molecule has 3 unspecified atom stereocenters. The van der Waals surface area contributed by atoms with Gasteiger partial charge < -0.3 is 10.9 Å². The van der Waals surface area contributed by atoms with Gasteiger partial charge in [0.15, 0.2) is 0 Å². The predicted octanol–water partition coefficient (Wildman–Crippen LogP) is 0.812. The fourth-order valence-corrected chi connectivity index (χ4v) is 4.14. The Morgan fingerprint density at radius 2 is 2.00 bits per heavy atom. The molecule has 5 heteroatoms. The van der Waals surface area contributed by atoms with Crippen molar-refractivity contribution in [1.82, 2.24) is 4.90 Å². The summed E-state index contributed by atoms with van der Waals surface area (Å²) >= 11 is 0. The molecule has 18 heavy (non-hydrogen) atoms. The Morgan fingerprint density at radius 3 is 2.61 bits per heavy atom. The van der Waals surface area contributed by atoms with Crippen LogP contribution < -0.4 is 5.73 Å². The van der Waals surface area contributed by atoms with Gasteiger partial charge in [0, 0.05) is 11.8 Å². The Morgan fingerprint density at radius 1 is 1.28 bits per heavy atom. The fraction of sp³-hybridized carbons (Fsp3) is 0.846. The van der Waals surface area contributed by atoms with Crippen LogP contribution in [0.25, 0.3) is 0 Å². The first-order valence-electron chi connectivity index (χ1n) is 6.96. The van der Waals surface area contributed by atoms with Gasteiger partial charge in [-0.15, -0.1) is 0 Å². The molecule has 0 spiro atoms. The van der Waals surface area contributed by atoms with E-state index >= 15 is 0 Å². The lowest BCUT2D eigenvalue weighted by Crippen LogP contribution is -2.49. The van der Waals surface area contributed by atoms with E-state index in [2.05, 4.69) is 10.1 Å². The van der Waals surface area contributed by atoms with Crippen LogP contribution in [-0.4, -0.2) is 40.9 Å². The molecule has 0 aromatic rings. The topological polar surface area (TPSA) is 78.9 Å². The summed E-state index contributed by atoms with van der Waals surface area (Å²) in [6.45, 7) is 1.81. The minimum atomic E-state index is -0.168. The van der Waals surface area contributed by atoms with Crippen molar-refractivity contribution in [3.8, 4) is 0 Å². The average molecular weight is 251 g/mol. The van der Waals surface area contributed by atoms with Crippen molar-refractivity contribution in [2.24, 2.45) is 28.6 Å². The number of nitrogens with two attached hydrogens (primary N) is 1. The molecule has 0 aromatic carbocycles. The van der Waals surface area contributed by atoms with E-state index in [0.717, 1.165) is 31.6 Å². The number of amides is 1. The number of carbonyl (C=O) groups is 1. The standard InChI is InChI=1S/C13H21N3O2/c14-13(17)8-3-5-16(6-4-8)12-10-2-1-9(7-10)11(12)15-18/h8-10,12,18H,1-7H2,(H2,14,17). The van der Waals surface area contributed by atoms with Gasteiger partial charge in [-0.2, -0.15) is 0 Å². The highest BCUT2D eigenvalue weighted by molar-refractivity contribution is 5.94. The maximum atomic E-state index is 11.2. The molecule has 1 amide bonds. The highest BCUT2D eigenvalue weighted by Gasteiger charge is 2.48. The number of piperidine rings is 1. The molecule has 2 saturated carbocycles. The van der Waals surface area contributed by atoms with Crippen molar-refractivity contribution in [3.63, 3.8) is 0 Å². The highest BCUT2D eigenvalue weighted by atomic mass is 16.4. The quantitative estimate of drug-likeness (QED) is 0.563. The van der Waals surface area contributed by atoms with Crippen molar-refractivity contribution in [3.05, 3.63) is 0 Å². The number of hydrogen-bond donors (Lipinski definition) is 2.